The van der Waals surface area contributed by atoms with Crippen LogP contribution in [0.4, 0.5) is 5.69 Å². The van der Waals surface area contributed by atoms with Gasteiger partial charge in [0.2, 0.25) is 10.4 Å². The lowest BCUT2D eigenvalue weighted by atomic mass is 10.0. The number of anilines is 1. The Morgan fingerprint density at radius 2 is 0.885 bits per heavy atom. The first-order valence-electron chi connectivity index (χ1n) is 21.3. The van der Waals surface area contributed by atoms with Crippen LogP contribution in [0, 0.1) is 11.8 Å². The fourth-order valence-corrected chi connectivity index (χ4v) is 6.74. The second-order valence-corrected chi connectivity index (χ2v) is 15.3. The lowest BCUT2D eigenvalue weighted by Gasteiger charge is -2.25. The van der Waals surface area contributed by atoms with E-state index < -0.39 is 10.4 Å². The Kier molecular flexibility index (Phi) is 30.4. The van der Waals surface area contributed by atoms with Crippen molar-refractivity contribution in [2.24, 2.45) is 0 Å². The third kappa shape index (κ3) is 28.1. The molecular weight excluding hydrogens is 665 g/mol. The van der Waals surface area contributed by atoms with Crippen molar-refractivity contribution in [3.05, 3.63) is 59.9 Å². The third-order valence-corrected chi connectivity index (χ3v) is 10.2. The second-order valence-electron chi connectivity index (χ2n) is 14.3. The molecule has 296 valence electrons. The predicted molar refractivity (Wildman–Crippen MR) is 220 cm³/mol. The van der Waals surface area contributed by atoms with Crippen LogP contribution in [-0.4, -0.2) is 32.7 Å². The van der Waals surface area contributed by atoms with Crippen molar-refractivity contribution >= 4 is 16.1 Å². The molecule has 0 aliphatic rings. The smallest absolute Gasteiger partial charge is 0.217 e. The molecule has 0 N–H and O–H groups in total. The van der Waals surface area contributed by atoms with Gasteiger partial charge < -0.3 is 9.45 Å². The number of aromatic nitrogens is 1. The number of nitrogens with zero attached hydrogens (tertiary/aromatic N) is 2. The number of rotatable bonds is 30. The summed E-state index contributed by atoms with van der Waals surface area (Å²) in [6.07, 6.45) is 38.0. The molecule has 0 fully saturated rings. The second kappa shape index (κ2) is 33.2. The van der Waals surface area contributed by atoms with E-state index >= 15 is 0 Å². The first-order chi connectivity index (χ1) is 25.3. The molecule has 6 nitrogen and oxygen atoms in total. The molecule has 1 aromatic heterocycles. The van der Waals surface area contributed by atoms with Crippen molar-refractivity contribution in [1.29, 1.82) is 0 Å². The van der Waals surface area contributed by atoms with Gasteiger partial charge in [0.05, 0.1) is 6.61 Å². The molecule has 2 aromatic rings. The van der Waals surface area contributed by atoms with Crippen LogP contribution in [0.25, 0.3) is 0 Å². The molecule has 0 radical (unpaired) electrons. The van der Waals surface area contributed by atoms with E-state index in [0.29, 0.717) is 0 Å². The normalized spacial score (nSPS) is 11.1. The Morgan fingerprint density at radius 3 is 1.19 bits per heavy atom. The van der Waals surface area contributed by atoms with E-state index in [2.05, 4.69) is 95.1 Å². The van der Waals surface area contributed by atoms with Crippen molar-refractivity contribution in [1.82, 2.24) is 0 Å². The van der Waals surface area contributed by atoms with Crippen LogP contribution in [0.3, 0.4) is 0 Å². The lowest BCUT2D eigenvalue weighted by Crippen LogP contribution is -2.30. The van der Waals surface area contributed by atoms with E-state index in [9.17, 15) is 13.0 Å². The summed E-state index contributed by atoms with van der Waals surface area (Å²) in [5.74, 6) is 6.71. The highest BCUT2D eigenvalue weighted by Crippen LogP contribution is 2.19. The highest BCUT2D eigenvalue weighted by atomic mass is 32.3. The number of aryl methyl sites for hydroxylation is 1. The summed E-state index contributed by atoms with van der Waals surface area (Å²) in [6.45, 7) is 11.5. The van der Waals surface area contributed by atoms with E-state index in [-0.39, 0.29) is 6.61 Å². The Bertz CT molecular complexity index is 1220. The Hall–Kier alpha value is -2.40. The van der Waals surface area contributed by atoms with Gasteiger partial charge in [-0.15, -0.1) is 0 Å². The van der Waals surface area contributed by atoms with E-state index in [0.717, 1.165) is 17.7 Å². The zero-order valence-corrected chi connectivity index (χ0v) is 34.7. The molecule has 0 unspecified atom stereocenters. The number of hydrogen-bond donors (Lipinski definition) is 0. The summed E-state index contributed by atoms with van der Waals surface area (Å²) >= 11 is 0. The fourth-order valence-electron chi connectivity index (χ4n) is 6.45. The third-order valence-electron chi connectivity index (χ3n) is 9.67. The summed E-state index contributed by atoms with van der Waals surface area (Å²) < 4.78 is 34.2. The fraction of sp³-hybridized carbons (Fsp3) is 0.711. The number of benzene rings is 1. The van der Waals surface area contributed by atoms with Crippen molar-refractivity contribution < 1.29 is 21.7 Å². The van der Waals surface area contributed by atoms with Crippen LogP contribution in [0.5, 0.6) is 0 Å². The molecule has 0 amide bonds. The molecule has 7 heteroatoms. The standard InChI is InChI=1S/C43H71N2.C2H6O4S/c1-4-7-9-11-13-15-17-19-21-23-25-27-37-45(38-28-26-24-22-20-18-16-14-12-10-8-5-2)43-33-31-41(32-34-43)29-30-42-35-39-44(6-3)40-36-42;1-2-6-7(3,4)5/h31-36,39-40H,4-28,37-38H2,1-3H3;2H2,1H3,(H,3,4,5)/q+1;/p-1. The molecule has 1 heterocycles. The zero-order valence-electron chi connectivity index (χ0n) is 33.9. The number of hydrogen-bond acceptors (Lipinski definition) is 5. The van der Waals surface area contributed by atoms with Crippen molar-refractivity contribution in [2.75, 3.05) is 24.6 Å². The highest BCUT2D eigenvalue weighted by molar-refractivity contribution is 7.80. The van der Waals surface area contributed by atoms with E-state index in [1.165, 1.54) is 180 Å². The largest absolute Gasteiger partial charge is 0.726 e. The van der Waals surface area contributed by atoms with Gasteiger partial charge in [-0.3, -0.25) is 4.18 Å². The molecular formula is C45H76N2O4S. The van der Waals surface area contributed by atoms with Crippen LogP contribution >= 0.6 is 0 Å². The van der Waals surface area contributed by atoms with Gasteiger partial charge in [0.25, 0.3) is 0 Å². The van der Waals surface area contributed by atoms with Gasteiger partial charge in [-0.25, -0.2) is 13.0 Å². The number of pyridine rings is 1. The average Bonchev–Trinajstić information content (AvgIpc) is 3.14. The van der Waals surface area contributed by atoms with Gasteiger partial charge in [0.15, 0.2) is 12.4 Å². The SMILES string of the molecule is CCCCCCCCCCCCCCN(CCCCCCCCCCCCCC)c1ccc(C#Cc2cc[n+](CC)cc2)cc1.CCOS(=O)(=O)[O-]. The summed E-state index contributed by atoms with van der Waals surface area (Å²) in [5, 5.41) is 0. The van der Waals surface area contributed by atoms with Crippen LogP contribution < -0.4 is 9.47 Å². The lowest BCUT2D eigenvalue weighted by molar-refractivity contribution is -0.693. The topological polar surface area (TPSA) is 73.5 Å². The molecule has 0 saturated carbocycles. The van der Waals surface area contributed by atoms with Gasteiger partial charge in [-0.2, -0.15) is 0 Å². The van der Waals surface area contributed by atoms with Gasteiger partial charge in [0.1, 0.15) is 6.54 Å². The Balaban J connectivity index is 0.00000174. The molecule has 0 spiro atoms. The minimum atomic E-state index is -4.42. The summed E-state index contributed by atoms with van der Waals surface area (Å²) in [7, 11) is -4.42. The maximum absolute atomic E-state index is 9.45. The summed E-state index contributed by atoms with van der Waals surface area (Å²) in [4.78, 5) is 2.66. The van der Waals surface area contributed by atoms with Gasteiger partial charge in [-0.05, 0) is 51.0 Å². The highest BCUT2D eigenvalue weighted by Gasteiger charge is 2.07. The monoisotopic (exact) mass is 741 g/mol. The van der Waals surface area contributed by atoms with Crippen LogP contribution in [0.15, 0.2) is 48.8 Å². The molecule has 2 rings (SSSR count). The van der Waals surface area contributed by atoms with Crippen molar-refractivity contribution in [3.63, 3.8) is 0 Å². The molecule has 0 aliphatic heterocycles. The van der Waals surface area contributed by atoms with Crippen LogP contribution in [-0.2, 0) is 21.1 Å². The zero-order chi connectivity index (χ0) is 38.0. The van der Waals surface area contributed by atoms with Crippen molar-refractivity contribution in [3.8, 4) is 11.8 Å². The predicted octanol–water partition coefficient (Wildman–Crippen LogP) is 12.1. The first kappa shape index (κ1) is 47.6. The maximum atomic E-state index is 9.45. The molecule has 1 aromatic carbocycles. The van der Waals surface area contributed by atoms with Crippen LogP contribution in [0.2, 0.25) is 0 Å². The molecule has 0 atom stereocenters. The Morgan fingerprint density at radius 1 is 0.538 bits per heavy atom. The molecule has 0 aliphatic carbocycles. The molecule has 52 heavy (non-hydrogen) atoms. The van der Waals surface area contributed by atoms with E-state index in [1.54, 1.807) is 0 Å². The van der Waals surface area contributed by atoms with Crippen LogP contribution in [0.1, 0.15) is 193 Å². The van der Waals surface area contributed by atoms with Gasteiger partial charge in [0, 0.05) is 42.0 Å². The number of unbranched alkanes of at least 4 members (excludes halogenated alkanes) is 22. The summed E-state index contributed by atoms with van der Waals surface area (Å²) in [5.41, 5.74) is 3.54. The maximum Gasteiger partial charge on any atom is 0.217 e. The Labute approximate surface area is 321 Å². The minimum absolute atomic E-state index is 0.0914. The molecule has 0 saturated heterocycles. The quantitative estimate of drug-likeness (QED) is 0.0262. The minimum Gasteiger partial charge on any atom is -0.726 e. The van der Waals surface area contributed by atoms with Gasteiger partial charge in [-0.1, -0.05) is 167 Å². The van der Waals surface area contributed by atoms with E-state index in [1.807, 2.05) is 0 Å². The molecule has 0 bridgehead atoms. The first-order valence-corrected chi connectivity index (χ1v) is 22.6. The van der Waals surface area contributed by atoms with Crippen molar-refractivity contribution in [2.45, 2.75) is 188 Å². The summed E-state index contributed by atoms with van der Waals surface area (Å²) in [6, 6.07) is 13.3. The average molecular weight is 741 g/mol. The van der Waals surface area contributed by atoms with Gasteiger partial charge >= 0.3 is 0 Å². The van der Waals surface area contributed by atoms with E-state index in [4.69, 9.17) is 0 Å².